The molecule has 0 unspecified atom stereocenters. The van der Waals surface area contributed by atoms with Crippen LogP contribution in [0.2, 0.25) is 0 Å². The molecule has 6 nitrogen and oxygen atoms in total. The molecule has 6 heteroatoms. The maximum Gasteiger partial charge on any atom is 0.417 e. The van der Waals surface area contributed by atoms with Crippen LogP contribution < -0.4 is 24.8 Å². The summed E-state index contributed by atoms with van der Waals surface area (Å²) in [5.41, 5.74) is 8.03. The zero-order chi connectivity index (χ0) is 27.9. The maximum absolute atomic E-state index is 13.0. The molecule has 0 spiro atoms. The monoisotopic (exact) mass is 522 g/mol. The first-order valence-corrected chi connectivity index (χ1v) is 13.3. The molecule has 0 aliphatic rings. The highest BCUT2D eigenvalue weighted by Crippen LogP contribution is 2.46. The summed E-state index contributed by atoms with van der Waals surface area (Å²) >= 11 is 0. The van der Waals surface area contributed by atoms with E-state index in [-0.39, 0.29) is 0 Å². The van der Waals surface area contributed by atoms with E-state index < -0.39 is 6.09 Å². The number of nitrogens with zero attached hydrogens (tertiary/aromatic N) is 3. The summed E-state index contributed by atoms with van der Waals surface area (Å²) in [6, 6.07) is 30.2. The van der Waals surface area contributed by atoms with Gasteiger partial charge in [0, 0.05) is 69.5 Å². The highest BCUT2D eigenvalue weighted by atomic mass is 16.6. The second-order valence-corrected chi connectivity index (χ2v) is 9.77. The van der Waals surface area contributed by atoms with Gasteiger partial charge in [-0.25, -0.2) is 4.79 Å². The third-order valence-corrected chi connectivity index (χ3v) is 6.81. The number of rotatable bonds is 9. The SMILES string of the molecule is CCN(CC)c1c(-c2ccc(N(C)C)cc2)ccc(OC(=O)Nc2ccccc2)c1-c1ccc(N(C)C)cc1. The topological polar surface area (TPSA) is 48.1 Å². The number of amides is 1. The van der Waals surface area contributed by atoms with E-state index in [9.17, 15) is 4.79 Å². The Bertz CT molecular complexity index is 1380. The summed E-state index contributed by atoms with van der Waals surface area (Å²) in [5.74, 6) is 0.511. The van der Waals surface area contributed by atoms with Crippen LogP contribution in [0.25, 0.3) is 22.3 Å². The van der Waals surface area contributed by atoms with Gasteiger partial charge in [0.2, 0.25) is 0 Å². The molecule has 0 saturated carbocycles. The molecule has 0 aromatic heterocycles. The van der Waals surface area contributed by atoms with Crippen LogP contribution in [0.15, 0.2) is 91.0 Å². The molecule has 0 bridgehead atoms. The fourth-order valence-electron chi connectivity index (χ4n) is 4.67. The molecule has 202 valence electrons. The Balaban J connectivity index is 1.89. The summed E-state index contributed by atoms with van der Waals surface area (Å²) in [5, 5.41) is 2.85. The average Bonchev–Trinajstić information content (AvgIpc) is 2.94. The third-order valence-electron chi connectivity index (χ3n) is 6.81. The van der Waals surface area contributed by atoms with Crippen molar-refractivity contribution < 1.29 is 9.53 Å². The molecular formula is C33H38N4O2. The van der Waals surface area contributed by atoms with Crippen molar-refractivity contribution in [1.29, 1.82) is 0 Å². The molecule has 0 fully saturated rings. The van der Waals surface area contributed by atoms with Crippen molar-refractivity contribution in [2.45, 2.75) is 13.8 Å². The van der Waals surface area contributed by atoms with Crippen LogP contribution in [0, 0.1) is 0 Å². The minimum atomic E-state index is -0.527. The minimum absolute atomic E-state index is 0.511. The zero-order valence-corrected chi connectivity index (χ0v) is 23.7. The lowest BCUT2D eigenvalue weighted by Gasteiger charge is -2.29. The molecule has 0 heterocycles. The van der Waals surface area contributed by atoms with Crippen molar-refractivity contribution in [3.8, 4) is 28.0 Å². The van der Waals surface area contributed by atoms with Gasteiger partial charge in [0.15, 0.2) is 0 Å². The second kappa shape index (κ2) is 12.4. The highest BCUT2D eigenvalue weighted by molar-refractivity contribution is 5.97. The Morgan fingerprint density at radius 2 is 1.23 bits per heavy atom. The Labute approximate surface area is 232 Å². The number of carbonyl (C=O) groups is 1. The van der Waals surface area contributed by atoms with Crippen molar-refractivity contribution in [2.75, 3.05) is 61.3 Å². The molecule has 0 aliphatic heterocycles. The predicted octanol–water partition coefficient (Wildman–Crippen LogP) is 7.61. The average molecular weight is 523 g/mol. The van der Waals surface area contributed by atoms with E-state index in [1.165, 1.54) is 0 Å². The fourth-order valence-corrected chi connectivity index (χ4v) is 4.67. The number of ether oxygens (including phenoxy) is 1. The van der Waals surface area contributed by atoms with E-state index >= 15 is 0 Å². The van der Waals surface area contributed by atoms with Gasteiger partial charge in [-0.15, -0.1) is 0 Å². The normalized spacial score (nSPS) is 10.6. The van der Waals surface area contributed by atoms with E-state index in [0.717, 1.165) is 52.4 Å². The van der Waals surface area contributed by atoms with Crippen molar-refractivity contribution >= 4 is 28.8 Å². The Morgan fingerprint density at radius 3 is 1.74 bits per heavy atom. The number of nitrogens with one attached hydrogen (secondary N) is 1. The molecule has 4 aromatic carbocycles. The van der Waals surface area contributed by atoms with Gasteiger partial charge >= 0.3 is 6.09 Å². The highest BCUT2D eigenvalue weighted by Gasteiger charge is 2.23. The predicted molar refractivity (Wildman–Crippen MR) is 166 cm³/mol. The van der Waals surface area contributed by atoms with E-state index in [4.69, 9.17) is 4.74 Å². The summed E-state index contributed by atoms with van der Waals surface area (Å²) in [4.78, 5) is 19.5. The number of para-hydroxylation sites is 1. The summed E-state index contributed by atoms with van der Waals surface area (Å²) in [6.45, 7) is 5.91. The molecule has 0 saturated heterocycles. The van der Waals surface area contributed by atoms with Gasteiger partial charge in [0.1, 0.15) is 5.75 Å². The van der Waals surface area contributed by atoms with Gasteiger partial charge in [-0.2, -0.15) is 0 Å². The van der Waals surface area contributed by atoms with Crippen LogP contribution in [-0.2, 0) is 0 Å². The van der Waals surface area contributed by atoms with Crippen LogP contribution in [0.5, 0.6) is 5.75 Å². The first-order chi connectivity index (χ1) is 18.8. The molecule has 0 atom stereocenters. The Hall–Kier alpha value is -4.45. The Morgan fingerprint density at radius 1 is 0.692 bits per heavy atom. The Kier molecular flexibility index (Phi) is 8.77. The quantitative estimate of drug-likeness (QED) is 0.245. The number of hydrogen-bond donors (Lipinski definition) is 1. The van der Waals surface area contributed by atoms with E-state index in [0.29, 0.717) is 11.4 Å². The van der Waals surface area contributed by atoms with Crippen LogP contribution in [0.1, 0.15) is 13.8 Å². The zero-order valence-electron chi connectivity index (χ0n) is 23.7. The number of hydrogen-bond acceptors (Lipinski definition) is 5. The molecule has 4 aromatic rings. The van der Waals surface area contributed by atoms with Crippen LogP contribution in [0.4, 0.5) is 27.5 Å². The fraction of sp³-hybridized carbons (Fsp3) is 0.242. The van der Waals surface area contributed by atoms with Crippen molar-refractivity contribution in [2.24, 2.45) is 0 Å². The molecular weight excluding hydrogens is 484 g/mol. The molecule has 0 aliphatic carbocycles. The van der Waals surface area contributed by atoms with E-state index in [1.54, 1.807) is 0 Å². The molecule has 1 amide bonds. The second-order valence-electron chi connectivity index (χ2n) is 9.77. The third kappa shape index (κ3) is 6.34. The van der Waals surface area contributed by atoms with Crippen LogP contribution >= 0.6 is 0 Å². The summed E-state index contributed by atoms with van der Waals surface area (Å²) in [7, 11) is 8.13. The van der Waals surface area contributed by atoms with Gasteiger partial charge < -0.3 is 19.4 Å². The standard InChI is InChI=1S/C33H38N4O2/c1-7-37(8-2)32-29(24-14-18-27(19-15-24)35(3)4)22-23-30(39-33(38)34-26-12-10-9-11-13-26)31(32)25-16-20-28(21-17-25)36(5)6/h9-23H,7-8H2,1-6H3,(H,34,38). The number of carbonyl (C=O) groups excluding carboxylic acids is 1. The first kappa shape index (κ1) is 27.6. The molecule has 0 radical (unpaired) electrons. The number of benzene rings is 4. The lowest BCUT2D eigenvalue weighted by molar-refractivity contribution is 0.215. The van der Waals surface area contributed by atoms with Gasteiger partial charge in [-0.3, -0.25) is 5.32 Å². The van der Waals surface area contributed by atoms with Gasteiger partial charge in [-0.1, -0.05) is 42.5 Å². The van der Waals surface area contributed by atoms with Crippen molar-refractivity contribution in [3.63, 3.8) is 0 Å². The lowest BCUT2D eigenvalue weighted by Crippen LogP contribution is -2.24. The van der Waals surface area contributed by atoms with Gasteiger partial charge in [0.05, 0.1) is 5.69 Å². The van der Waals surface area contributed by atoms with Crippen LogP contribution in [0.3, 0.4) is 0 Å². The lowest BCUT2D eigenvalue weighted by atomic mass is 9.93. The van der Waals surface area contributed by atoms with Gasteiger partial charge in [0.25, 0.3) is 0 Å². The maximum atomic E-state index is 13.0. The van der Waals surface area contributed by atoms with Gasteiger partial charge in [-0.05, 0) is 73.5 Å². The van der Waals surface area contributed by atoms with E-state index in [2.05, 4.69) is 88.5 Å². The molecule has 39 heavy (non-hydrogen) atoms. The number of anilines is 4. The van der Waals surface area contributed by atoms with Crippen molar-refractivity contribution in [3.05, 3.63) is 91.0 Å². The first-order valence-electron chi connectivity index (χ1n) is 13.3. The minimum Gasteiger partial charge on any atom is -0.409 e. The van der Waals surface area contributed by atoms with Crippen molar-refractivity contribution in [1.82, 2.24) is 0 Å². The summed E-state index contributed by atoms with van der Waals surface area (Å²) in [6.07, 6.45) is -0.527. The largest absolute Gasteiger partial charge is 0.417 e. The molecule has 1 N–H and O–H groups in total. The summed E-state index contributed by atoms with van der Waals surface area (Å²) < 4.78 is 6.01. The van der Waals surface area contributed by atoms with Crippen LogP contribution in [-0.4, -0.2) is 47.4 Å². The van der Waals surface area contributed by atoms with E-state index in [1.807, 2.05) is 64.6 Å². The smallest absolute Gasteiger partial charge is 0.409 e. The molecule has 4 rings (SSSR count).